The normalized spacial score (nSPS) is 9.79. The van der Waals surface area contributed by atoms with E-state index >= 15 is 0 Å². The molecule has 0 aliphatic heterocycles. The lowest BCUT2D eigenvalue weighted by Crippen LogP contribution is -1.86. The summed E-state index contributed by atoms with van der Waals surface area (Å²) in [5.41, 5.74) is 0.975. The molecule has 3 nitrogen and oxygen atoms in total. The number of aromatic nitrogens is 2. The van der Waals surface area contributed by atoms with Crippen molar-refractivity contribution in [1.82, 2.24) is 9.97 Å². The van der Waals surface area contributed by atoms with E-state index in [1.165, 1.54) is 0 Å². The topological polar surface area (TPSA) is 35.0 Å². The molecule has 70 valence electrons. The van der Waals surface area contributed by atoms with Gasteiger partial charge in [0.15, 0.2) is 0 Å². The second-order valence-electron chi connectivity index (χ2n) is 2.93. The number of ether oxygens (including phenoxy) is 1. The second kappa shape index (κ2) is 3.87. The number of aryl methyl sites for hydroxylation is 1. The first-order valence-corrected chi connectivity index (χ1v) is 4.35. The molecule has 0 aromatic carbocycles. The molecule has 0 N–H and O–H groups in total. The minimum absolute atomic E-state index is 0.721. The minimum Gasteiger partial charge on any atom is -0.454 e. The summed E-state index contributed by atoms with van der Waals surface area (Å²) < 4.78 is 5.51. The maximum atomic E-state index is 5.51. The number of hydrogen-bond donors (Lipinski definition) is 0. The van der Waals surface area contributed by atoms with Crippen LogP contribution in [0.15, 0.2) is 42.9 Å². The Kier molecular flexibility index (Phi) is 2.40. The Bertz CT molecular complexity index is 397. The Balaban J connectivity index is 2.16. The van der Waals surface area contributed by atoms with Crippen molar-refractivity contribution >= 4 is 0 Å². The van der Waals surface area contributed by atoms with Gasteiger partial charge in [-0.2, -0.15) is 0 Å². The van der Waals surface area contributed by atoms with Crippen molar-refractivity contribution < 1.29 is 4.74 Å². The van der Waals surface area contributed by atoms with Crippen molar-refractivity contribution in [2.24, 2.45) is 0 Å². The van der Waals surface area contributed by atoms with Crippen LogP contribution in [0.5, 0.6) is 11.5 Å². The summed E-state index contributed by atoms with van der Waals surface area (Å²) >= 11 is 0. The van der Waals surface area contributed by atoms with Crippen molar-refractivity contribution in [3.8, 4) is 11.5 Å². The molecule has 0 aliphatic carbocycles. The molecule has 0 atom stereocenters. The molecule has 2 heterocycles. The van der Waals surface area contributed by atoms with Crippen LogP contribution in [0.3, 0.4) is 0 Å². The quantitative estimate of drug-likeness (QED) is 0.723. The van der Waals surface area contributed by atoms with Gasteiger partial charge in [0.1, 0.15) is 11.5 Å². The minimum atomic E-state index is 0.721. The highest BCUT2D eigenvalue weighted by Crippen LogP contribution is 2.18. The summed E-state index contributed by atoms with van der Waals surface area (Å²) in [6.07, 6.45) is 5.07. The Morgan fingerprint density at radius 3 is 2.57 bits per heavy atom. The van der Waals surface area contributed by atoms with Crippen molar-refractivity contribution in [3.63, 3.8) is 0 Å². The van der Waals surface area contributed by atoms with E-state index in [-0.39, 0.29) is 0 Å². The molecular formula is C11H10N2O. The standard InChI is InChI=1S/C11H10N2O/c1-9-4-5-11(8-13-9)14-10-3-2-6-12-7-10/h2-8H,1H3. The lowest BCUT2D eigenvalue weighted by Gasteiger charge is -2.03. The molecule has 0 saturated heterocycles. The van der Waals surface area contributed by atoms with Crippen molar-refractivity contribution in [3.05, 3.63) is 48.5 Å². The fourth-order valence-electron chi connectivity index (χ4n) is 1.06. The lowest BCUT2D eigenvalue weighted by atomic mass is 10.4. The number of pyridine rings is 2. The van der Waals surface area contributed by atoms with Gasteiger partial charge < -0.3 is 4.74 Å². The Labute approximate surface area is 82.4 Å². The first-order chi connectivity index (χ1) is 6.84. The monoisotopic (exact) mass is 186 g/mol. The van der Waals surface area contributed by atoms with Crippen molar-refractivity contribution in [2.75, 3.05) is 0 Å². The molecular weight excluding hydrogens is 176 g/mol. The number of nitrogens with zero attached hydrogens (tertiary/aromatic N) is 2. The van der Waals surface area contributed by atoms with Crippen LogP contribution in [-0.4, -0.2) is 9.97 Å². The van der Waals surface area contributed by atoms with Gasteiger partial charge in [-0.15, -0.1) is 0 Å². The highest BCUT2D eigenvalue weighted by atomic mass is 16.5. The number of rotatable bonds is 2. The van der Waals surface area contributed by atoms with Gasteiger partial charge in [-0.05, 0) is 31.2 Å². The molecule has 2 aromatic heterocycles. The maximum Gasteiger partial charge on any atom is 0.145 e. The first-order valence-electron chi connectivity index (χ1n) is 4.35. The highest BCUT2D eigenvalue weighted by molar-refractivity contribution is 5.27. The highest BCUT2D eigenvalue weighted by Gasteiger charge is 1.95. The third-order valence-electron chi connectivity index (χ3n) is 1.75. The summed E-state index contributed by atoms with van der Waals surface area (Å²) in [6.45, 7) is 1.94. The van der Waals surface area contributed by atoms with E-state index in [0.717, 1.165) is 17.2 Å². The predicted octanol–water partition coefficient (Wildman–Crippen LogP) is 2.58. The van der Waals surface area contributed by atoms with Crippen LogP contribution in [-0.2, 0) is 0 Å². The largest absolute Gasteiger partial charge is 0.454 e. The molecule has 2 aromatic rings. The van der Waals surface area contributed by atoms with Crippen LogP contribution in [0.4, 0.5) is 0 Å². The molecule has 2 rings (SSSR count). The third kappa shape index (κ3) is 2.07. The average Bonchev–Trinajstić information content (AvgIpc) is 2.23. The van der Waals surface area contributed by atoms with Gasteiger partial charge in [-0.3, -0.25) is 9.97 Å². The molecule has 3 heteroatoms. The van der Waals surface area contributed by atoms with Gasteiger partial charge in [0.05, 0.1) is 12.4 Å². The van der Waals surface area contributed by atoms with Gasteiger partial charge in [0.25, 0.3) is 0 Å². The van der Waals surface area contributed by atoms with Crippen LogP contribution >= 0.6 is 0 Å². The van der Waals surface area contributed by atoms with Crippen LogP contribution in [0, 0.1) is 6.92 Å². The lowest BCUT2D eigenvalue weighted by molar-refractivity contribution is 0.477. The zero-order valence-corrected chi connectivity index (χ0v) is 7.84. The average molecular weight is 186 g/mol. The summed E-state index contributed by atoms with van der Waals surface area (Å²) in [6, 6.07) is 7.48. The van der Waals surface area contributed by atoms with Crippen LogP contribution in [0.1, 0.15) is 5.69 Å². The summed E-state index contributed by atoms with van der Waals surface area (Å²) in [5.74, 6) is 1.45. The Hall–Kier alpha value is -1.90. The Morgan fingerprint density at radius 1 is 1.07 bits per heavy atom. The molecule has 0 amide bonds. The summed E-state index contributed by atoms with van der Waals surface area (Å²) in [5, 5.41) is 0. The second-order valence-corrected chi connectivity index (χ2v) is 2.93. The molecule has 14 heavy (non-hydrogen) atoms. The van der Waals surface area contributed by atoms with Crippen molar-refractivity contribution in [2.45, 2.75) is 6.92 Å². The van der Waals surface area contributed by atoms with Gasteiger partial charge in [0.2, 0.25) is 0 Å². The van der Waals surface area contributed by atoms with Gasteiger partial charge >= 0.3 is 0 Å². The predicted molar refractivity (Wildman–Crippen MR) is 53.3 cm³/mol. The molecule has 0 aliphatic rings. The molecule has 0 bridgehead atoms. The fraction of sp³-hybridized carbons (Fsp3) is 0.0909. The van der Waals surface area contributed by atoms with Gasteiger partial charge in [-0.25, -0.2) is 0 Å². The number of hydrogen-bond acceptors (Lipinski definition) is 3. The molecule has 0 spiro atoms. The van der Waals surface area contributed by atoms with Crippen LogP contribution in [0.2, 0.25) is 0 Å². The molecule has 0 unspecified atom stereocenters. The van der Waals surface area contributed by atoms with E-state index in [4.69, 9.17) is 4.74 Å². The fourth-order valence-corrected chi connectivity index (χ4v) is 1.06. The van der Waals surface area contributed by atoms with E-state index in [2.05, 4.69) is 9.97 Å². The van der Waals surface area contributed by atoms with Crippen LogP contribution < -0.4 is 4.74 Å². The van der Waals surface area contributed by atoms with E-state index < -0.39 is 0 Å². The molecule has 0 radical (unpaired) electrons. The molecule has 0 saturated carbocycles. The van der Waals surface area contributed by atoms with Gasteiger partial charge in [0, 0.05) is 11.9 Å². The van der Waals surface area contributed by atoms with E-state index in [0.29, 0.717) is 0 Å². The van der Waals surface area contributed by atoms with E-state index in [1.54, 1.807) is 18.6 Å². The Morgan fingerprint density at radius 2 is 1.93 bits per heavy atom. The van der Waals surface area contributed by atoms with E-state index in [1.807, 2.05) is 31.2 Å². The zero-order chi connectivity index (χ0) is 9.80. The summed E-state index contributed by atoms with van der Waals surface area (Å²) in [7, 11) is 0. The summed E-state index contributed by atoms with van der Waals surface area (Å²) in [4.78, 5) is 8.08. The van der Waals surface area contributed by atoms with Gasteiger partial charge in [-0.1, -0.05) is 0 Å². The molecule has 0 fully saturated rings. The maximum absolute atomic E-state index is 5.51. The van der Waals surface area contributed by atoms with E-state index in [9.17, 15) is 0 Å². The van der Waals surface area contributed by atoms with Crippen LogP contribution in [0.25, 0.3) is 0 Å². The zero-order valence-electron chi connectivity index (χ0n) is 7.84. The third-order valence-corrected chi connectivity index (χ3v) is 1.75. The smallest absolute Gasteiger partial charge is 0.145 e. The first kappa shape index (κ1) is 8.69. The van der Waals surface area contributed by atoms with Crippen molar-refractivity contribution in [1.29, 1.82) is 0 Å². The SMILES string of the molecule is Cc1ccc(Oc2cccnc2)cn1.